The zero-order valence-corrected chi connectivity index (χ0v) is 14.2. The molecule has 1 aliphatic heterocycles. The molecule has 10 heteroatoms. The topological polar surface area (TPSA) is 128 Å². The van der Waals surface area contributed by atoms with Crippen molar-refractivity contribution in [2.24, 2.45) is 0 Å². The van der Waals surface area contributed by atoms with Crippen LogP contribution in [0.15, 0.2) is 27.2 Å². The van der Waals surface area contributed by atoms with Crippen molar-refractivity contribution in [1.82, 2.24) is 20.7 Å². The first-order chi connectivity index (χ1) is 12.6. The Hall–Kier alpha value is -3.32. The van der Waals surface area contributed by atoms with Crippen LogP contribution in [0.4, 0.5) is 5.88 Å². The highest BCUT2D eigenvalue weighted by molar-refractivity contribution is 5.82. The number of nitriles is 1. The van der Waals surface area contributed by atoms with E-state index in [0.717, 1.165) is 0 Å². The average Bonchev–Trinajstić information content (AvgIpc) is 3.30. The molecule has 1 saturated heterocycles. The molecule has 0 aliphatic carbocycles. The molecule has 3 rings (SSSR count). The summed E-state index contributed by atoms with van der Waals surface area (Å²) in [6.07, 6.45) is 1.51. The molecule has 0 spiro atoms. The van der Waals surface area contributed by atoms with Crippen LogP contribution < -0.4 is 15.8 Å². The summed E-state index contributed by atoms with van der Waals surface area (Å²) in [5, 5.41) is 9.31. The van der Waals surface area contributed by atoms with Gasteiger partial charge in [0.2, 0.25) is 17.5 Å². The predicted octanol–water partition coefficient (Wildman–Crippen LogP) is 0.0956. The van der Waals surface area contributed by atoms with Gasteiger partial charge >= 0.3 is 0 Å². The van der Waals surface area contributed by atoms with E-state index in [0.29, 0.717) is 37.8 Å². The molecular formula is C16H18N6O4. The molecule has 2 aromatic rings. The highest BCUT2D eigenvalue weighted by Crippen LogP contribution is 2.28. The fourth-order valence-electron chi connectivity index (χ4n) is 2.61. The average molecular weight is 358 g/mol. The number of oxazole rings is 1. The predicted molar refractivity (Wildman–Crippen MR) is 89.5 cm³/mol. The fourth-order valence-corrected chi connectivity index (χ4v) is 2.61. The Morgan fingerprint density at radius 3 is 2.69 bits per heavy atom. The van der Waals surface area contributed by atoms with Gasteiger partial charge in [-0.05, 0) is 12.1 Å². The molecular weight excluding hydrogens is 340 g/mol. The zero-order valence-electron chi connectivity index (χ0n) is 14.2. The van der Waals surface area contributed by atoms with Gasteiger partial charge in [-0.1, -0.05) is 0 Å². The van der Waals surface area contributed by atoms with Gasteiger partial charge in [0.25, 0.3) is 11.8 Å². The number of furan rings is 1. The molecule has 1 fully saturated rings. The maximum Gasteiger partial charge on any atom is 0.266 e. The second kappa shape index (κ2) is 7.71. The van der Waals surface area contributed by atoms with Gasteiger partial charge in [-0.15, -0.1) is 0 Å². The number of rotatable bonds is 4. The van der Waals surface area contributed by atoms with Gasteiger partial charge in [-0.25, -0.2) is 0 Å². The summed E-state index contributed by atoms with van der Waals surface area (Å²) in [5.41, 5.74) is 4.79. The highest BCUT2D eigenvalue weighted by atomic mass is 16.4. The molecule has 0 aromatic carbocycles. The van der Waals surface area contributed by atoms with E-state index in [1.807, 2.05) is 15.9 Å². The molecule has 2 amide bonds. The van der Waals surface area contributed by atoms with E-state index < -0.39 is 0 Å². The third-order valence-electron chi connectivity index (χ3n) is 3.85. The van der Waals surface area contributed by atoms with Crippen molar-refractivity contribution in [2.75, 3.05) is 37.6 Å². The van der Waals surface area contributed by atoms with Crippen LogP contribution in [0.5, 0.6) is 0 Å². The fraction of sp³-hybridized carbons (Fsp3) is 0.375. The summed E-state index contributed by atoms with van der Waals surface area (Å²) < 4.78 is 11.0. The van der Waals surface area contributed by atoms with Crippen molar-refractivity contribution in [2.45, 2.75) is 6.92 Å². The van der Waals surface area contributed by atoms with Crippen molar-refractivity contribution >= 4 is 17.7 Å². The Morgan fingerprint density at radius 1 is 1.31 bits per heavy atom. The highest BCUT2D eigenvalue weighted by Gasteiger charge is 2.26. The SMILES string of the molecule is CC(=O)NNC(=O)CN1CCN(c2oc(-c3ccco3)nc2C#N)CC1. The van der Waals surface area contributed by atoms with Crippen molar-refractivity contribution in [3.8, 4) is 17.7 Å². The third kappa shape index (κ3) is 4.01. The lowest BCUT2D eigenvalue weighted by molar-refractivity contribution is -0.128. The number of hydrogen-bond acceptors (Lipinski definition) is 8. The van der Waals surface area contributed by atoms with Crippen molar-refractivity contribution in [1.29, 1.82) is 5.26 Å². The van der Waals surface area contributed by atoms with Crippen LogP contribution in [-0.4, -0.2) is 54.4 Å². The van der Waals surface area contributed by atoms with Gasteiger partial charge < -0.3 is 13.7 Å². The largest absolute Gasteiger partial charge is 0.459 e. The molecule has 0 saturated carbocycles. The number of hydrogen-bond donors (Lipinski definition) is 2. The lowest BCUT2D eigenvalue weighted by Gasteiger charge is -2.33. The van der Waals surface area contributed by atoms with Gasteiger partial charge in [0.15, 0.2) is 5.76 Å². The minimum Gasteiger partial charge on any atom is -0.459 e. The molecule has 0 bridgehead atoms. The summed E-state index contributed by atoms with van der Waals surface area (Å²) in [7, 11) is 0. The smallest absolute Gasteiger partial charge is 0.266 e. The van der Waals surface area contributed by atoms with Gasteiger partial charge in [0.1, 0.15) is 6.07 Å². The Bertz CT molecular complexity index is 814. The first-order valence-electron chi connectivity index (χ1n) is 8.04. The number of carbonyl (C=O) groups excluding carboxylic acids is 2. The number of hydrazine groups is 1. The maximum atomic E-state index is 11.7. The number of anilines is 1. The number of amides is 2. The van der Waals surface area contributed by atoms with Gasteiger partial charge in [0.05, 0.1) is 12.8 Å². The third-order valence-corrected chi connectivity index (χ3v) is 3.85. The van der Waals surface area contributed by atoms with Gasteiger partial charge in [-0.3, -0.25) is 25.3 Å². The lowest BCUT2D eigenvalue weighted by Crippen LogP contribution is -2.51. The standard InChI is InChI=1S/C16H18N6O4/c1-11(23)19-20-14(24)10-21-4-6-22(7-5-21)16-12(9-17)18-15(26-16)13-3-2-8-25-13/h2-3,8H,4-7,10H2,1H3,(H,19,23)(H,20,24). The van der Waals surface area contributed by atoms with E-state index in [9.17, 15) is 14.9 Å². The molecule has 26 heavy (non-hydrogen) atoms. The Kier molecular flexibility index (Phi) is 5.19. The number of nitrogens with zero attached hydrogens (tertiary/aromatic N) is 4. The zero-order chi connectivity index (χ0) is 18.5. The summed E-state index contributed by atoms with van der Waals surface area (Å²) in [5.74, 6) is 0.511. The van der Waals surface area contributed by atoms with Crippen LogP contribution in [0.25, 0.3) is 11.7 Å². The van der Waals surface area contributed by atoms with Crippen LogP contribution in [0.2, 0.25) is 0 Å². The molecule has 2 N–H and O–H groups in total. The van der Waals surface area contributed by atoms with Crippen LogP contribution >= 0.6 is 0 Å². The second-order valence-corrected chi connectivity index (χ2v) is 5.75. The number of nitrogens with one attached hydrogen (secondary N) is 2. The Labute approximate surface area is 149 Å². The van der Waals surface area contributed by atoms with Crippen LogP contribution in [-0.2, 0) is 9.59 Å². The summed E-state index contributed by atoms with van der Waals surface area (Å²) >= 11 is 0. The lowest BCUT2D eigenvalue weighted by atomic mass is 10.3. The molecule has 2 aromatic heterocycles. The second-order valence-electron chi connectivity index (χ2n) is 5.75. The Morgan fingerprint density at radius 2 is 2.08 bits per heavy atom. The first kappa shape index (κ1) is 17.5. The van der Waals surface area contributed by atoms with Crippen molar-refractivity contribution in [3.05, 3.63) is 24.1 Å². The van der Waals surface area contributed by atoms with Crippen LogP contribution in [0.1, 0.15) is 12.6 Å². The Balaban J connectivity index is 1.59. The van der Waals surface area contributed by atoms with Crippen LogP contribution in [0.3, 0.4) is 0 Å². The van der Waals surface area contributed by atoms with E-state index in [1.54, 1.807) is 12.1 Å². The van der Waals surface area contributed by atoms with Crippen molar-refractivity contribution in [3.63, 3.8) is 0 Å². The van der Waals surface area contributed by atoms with Gasteiger partial charge in [0, 0.05) is 33.1 Å². The maximum absolute atomic E-state index is 11.7. The van der Waals surface area contributed by atoms with E-state index >= 15 is 0 Å². The monoisotopic (exact) mass is 358 g/mol. The minimum absolute atomic E-state index is 0.174. The van der Waals surface area contributed by atoms with Crippen LogP contribution in [0, 0.1) is 11.3 Å². The summed E-state index contributed by atoms with van der Waals surface area (Å²) in [4.78, 5) is 30.6. The normalized spacial score (nSPS) is 14.7. The summed E-state index contributed by atoms with van der Waals surface area (Å²) in [6, 6.07) is 5.47. The number of carbonyl (C=O) groups is 2. The first-order valence-corrected chi connectivity index (χ1v) is 8.04. The van der Waals surface area contributed by atoms with E-state index in [4.69, 9.17) is 8.83 Å². The molecule has 136 valence electrons. The minimum atomic E-state index is -0.329. The van der Waals surface area contributed by atoms with E-state index in [1.165, 1.54) is 13.2 Å². The van der Waals surface area contributed by atoms with Crippen molar-refractivity contribution < 1.29 is 18.4 Å². The van der Waals surface area contributed by atoms with E-state index in [2.05, 4.69) is 15.8 Å². The molecule has 0 radical (unpaired) electrons. The number of piperazine rings is 1. The molecule has 0 unspecified atom stereocenters. The quantitative estimate of drug-likeness (QED) is 0.736. The molecule has 1 aliphatic rings. The molecule has 3 heterocycles. The van der Waals surface area contributed by atoms with Gasteiger partial charge in [-0.2, -0.15) is 10.2 Å². The summed E-state index contributed by atoms with van der Waals surface area (Å²) in [6.45, 7) is 3.86. The number of aromatic nitrogens is 1. The van der Waals surface area contributed by atoms with E-state index in [-0.39, 0.29) is 29.9 Å². The molecule has 0 atom stereocenters. The molecule has 10 nitrogen and oxygen atoms in total.